The summed E-state index contributed by atoms with van der Waals surface area (Å²) in [6, 6.07) is 7.78. The van der Waals surface area contributed by atoms with Crippen molar-refractivity contribution in [3.63, 3.8) is 0 Å². The van der Waals surface area contributed by atoms with Crippen LogP contribution in [0.3, 0.4) is 0 Å². The predicted octanol–water partition coefficient (Wildman–Crippen LogP) is 4.09. The summed E-state index contributed by atoms with van der Waals surface area (Å²) in [5.74, 6) is 1.45. The molecule has 0 radical (unpaired) electrons. The molecule has 8 heteroatoms. The molecule has 0 aromatic heterocycles. The first-order chi connectivity index (χ1) is 15.5. The van der Waals surface area contributed by atoms with Crippen molar-refractivity contribution in [2.45, 2.75) is 38.8 Å². The number of hydrogen-bond acceptors (Lipinski definition) is 4. The monoisotopic (exact) mass is 445 g/mol. The summed E-state index contributed by atoms with van der Waals surface area (Å²) in [6.07, 6.45) is 2.88. The number of hydrogen-bond donors (Lipinski definition) is 2. The number of guanidine groups is 1. The number of benzene rings is 2. The third kappa shape index (κ3) is 5.68. The maximum absolute atomic E-state index is 14.4. The normalized spacial score (nSPS) is 16.7. The van der Waals surface area contributed by atoms with Crippen molar-refractivity contribution in [3.8, 4) is 11.5 Å². The molecule has 1 unspecified atom stereocenters. The van der Waals surface area contributed by atoms with Crippen LogP contribution in [-0.4, -0.2) is 33.0 Å². The molecule has 2 aliphatic rings. The lowest BCUT2D eigenvalue weighted by Crippen LogP contribution is -2.39. The van der Waals surface area contributed by atoms with Crippen LogP contribution in [0.2, 0.25) is 0 Å². The molecule has 1 aliphatic carbocycles. The van der Waals surface area contributed by atoms with Crippen LogP contribution >= 0.6 is 0 Å². The number of halogens is 2. The summed E-state index contributed by atoms with van der Waals surface area (Å²) in [6.45, 7) is 3.54. The zero-order valence-corrected chi connectivity index (χ0v) is 18.4. The van der Waals surface area contributed by atoms with E-state index in [1.165, 1.54) is 18.2 Å². The minimum atomic E-state index is -0.361. The summed E-state index contributed by atoms with van der Waals surface area (Å²) < 4.78 is 44.7. The zero-order chi connectivity index (χ0) is 22.5. The highest BCUT2D eigenvalue weighted by Crippen LogP contribution is 2.31. The van der Waals surface area contributed by atoms with Crippen molar-refractivity contribution in [3.05, 3.63) is 58.7 Å². The molecule has 0 spiro atoms. The fourth-order valence-electron chi connectivity index (χ4n) is 3.64. The summed E-state index contributed by atoms with van der Waals surface area (Å²) in [5.41, 5.74) is 2.29. The van der Waals surface area contributed by atoms with Crippen LogP contribution in [-0.2, 0) is 17.8 Å². The van der Waals surface area contributed by atoms with Gasteiger partial charge in [-0.3, -0.25) is 4.99 Å². The lowest BCUT2D eigenvalue weighted by molar-refractivity contribution is -0.0172. The fraction of sp³-hybridized carbons (Fsp3) is 0.458. The standard InChI is InChI=1S/C24H29F2N3O3/c1-15(17-5-6-22(21(26)11-17)31-12-16-3-4-16)29-24(27-2)28-8-7-18-9-20(25)10-19-13-30-14-32-23(18)19/h5-6,9-11,15-16H,3-4,7-8,12-14H2,1-2H3,(H2,27,28,29). The van der Waals surface area contributed by atoms with Gasteiger partial charge in [-0.25, -0.2) is 8.78 Å². The highest BCUT2D eigenvalue weighted by atomic mass is 19.1. The number of aliphatic imine (C=N–C) groups is 1. The number of nitrogens with zero attached hydrogens (tertiary/aromatic N) is 1. The molecule has 172 valence electrons. The van der Waals surface area contributed by atoms with Crippen LogP contribution in [0.15, 0.2) is 35.3 Å². The van der Waals surface area contributed by atoms with Crippen molar-refractivity contribution >= 4 is 5.96 Å². The average Bonchev–Trinajstić information content (AvgIpc) is 3.61. The molecule has 6 nitrogen and oxygen atoms in total. The van der Waals surface area contributed by atoms with E-state index in [4.69, 9.17) is 14.2 Å². The summed E-state index contributed by atoms with van der Waals surface area (Å²) in [5, 5.41) is 6.48. The van der Waals surface area contributed by atoms with E-state index in [1.807, 2.05) is 13.0 Å². The maximum Gasteiger partial charge on any atom is 0.191 e. The van der Waals surface area contributed by atoms with Crippen molar-refractivity contribution in [2.24, 2.45) is 10.9 Å². The second-order valence-electron chi connectivity index (χ2n) is 8.22. The predicted molar refractivity (Wildman–Crippen MR) is 118 cm³/mol. The van der Waals surface area contributed by atoms with Crippen molar-refractivity contribution in [2.75, 3.05) is 27.0 Å². The first kappa shape index (κ1) is 22.3. The Labute approximate surface area is 187 Å². The summed E-state index contributed by atoms with van der Waals surface area (Å²) >= 11 is 0. The Kier molecular flexibility index (Phi) is 7.09. The molecule has 1 fully saturated rings. The molecule has 1 atom stereocenters. The van der Waals surface area contributed by atoms with Crippen LogP contribution in [0.1, 0.15) is 42.5 Å². The van der Waals surface area contributed by atoms with E-state index in [-0.39, 0.29) is 24.5 Å². The molecule has 0 saturated heterocycles. The lowest BCUT2D eigenvalue weighted by Gasteiger charge is -2.22. The van der Waals surface area contributed by atoms with E-state index in [1.54, 1.807) is 13.1 Å². The maximum atomic E-state index is 14.4. The Bertz CT molecular complexity index is 979. The molecule has 1 saturated carbocycles. The van der Waals surface area contributed by atoms with Crippen molar-refractivity contribution in [1.82, 2.24) is 10.6 Å². The highest BCUT2D eigenvalue weighted by molar-refractivity contribution is 5.80. The number of rotatable bonds is 8. The van der Waals surface area contributed by atoms with Gasteiger partial charge in [0.2, 0.25) is 0 Å². The van der Waals surface area contributed by atoms with Gasteiger partial charge in [-0.15, -0.1) is 0 Å². The van der Waals surface area contributed by atoms with Crippen molar-refractivity contribution in [1.29, 1.82) is 0 Å². The van der Waals surface area contributed by atoms with E-state index in [0.717, 1.165) is 24.0 Å². The molecule has 4 rings (SSSR count). The molecular weight excluding hydrogens is 416 g/mol. The van der Waals surface area contributed by atoms with Gasteiger partial charge in [-0.1, -0.05) is 6.07 Å². The Morgan fingerprint density at radius 2 is 2.09 bits per heavy atom. The summed E-state index contributed by atoms with van der Waals surface area (Å²) in [7, 11) is 1.67. The highest BCUT2D eigenvalue weighted by Gasteiger charge is 2.23. The van der Waals surface area contributed by atoms with E-state index < -0.39 is 0 Å². The van der Waals surface area contributed by atoms with Crippen LogP contribution < -0.4 is 20.1 Å². The van der Waals surface area contributed by atoms with Gasteiger partial charge in [0.15, 0.2) is 24.3 Å². The van der Waals surface area contributed by atoms with Crippen LogP contribution in [0.4, 0.5) is 8.78 Å². The first-order valence-corrected chi connectivity index (χ1v) is 10.9. The molecule has 2 aromatic rings. The van der Waals surface area contributed by atoms with E-state index >= 15 is 0 Å². The second kappa shape index (κ2) is 10.2. The van der Waals surface area contributed by atoms with E-state index in [0.29, 0.717) is 55.1 Å². The Hall–Kier alpha value is -2.87. The molecule has 2 N–H and O–H groups in total. The first-order valence-electron chi connectivity index (χ1n) is 10.9. The Morgan fingerprint density at radius 3 is 2.84 bits per heavy atom. The Balaban J connectivity index is 1.31. The number of ether oxygens (including phenoxy) is 3. The molecule has 2 aromatic carbocycles. The van der Waals surface area contributed by atoms with Gasteiger partial charge in [0.05, 0.1) is 19.3 Å². The average molecular weight is 446 g/mol. The van der Waals surface area contributed by atoms with Crippen LogP contribution in [0, 0.1) is 17.6 Å². The van der Waals surface area contributed by atoms with Crippen LogP contribution in [0.5, 0.6) is 11.5 Å². The molecule has 1 aliphatic heterocycles. The van der Waals surface area contributed by atoms with Gasteiger partial charge < -0.3 is 24.8 Å². The third-order valence-electron chi connectivity index (χ3n) is 5.64. The quantitative estimate of drug-likeness (QED) is 0.473. The Morgan fingerprint density at radius 1 is 1.25 bits per heavy atom. The minimum Gasteiger partial charge on any atom is -0.490 e. The molecule has 32 heavy (non-hydrogen) atoms. The topological polar surface area (TPSA) is 64.1 Å². The molecule has 1 heterocycles. The second-order valence-corrected chi connectivity index (χ2v) is 8.22. The van der Waals surface area contributed by atoms with E-state index in [9.17, 15) is 8.78 Å². The fourth-order valence-corrected chi connectivity index (χ4v) is 3.64. The van der Waals surface area contributed by atoms with Crippen LogP contribution in [0.25, 0.3) is 0 Å². The van der Waals surface area contributed by atoms with Gasteiger partial charge in [0, 0.05) is 19.2 Å². The zero-order valence-electron chi connectivity index (χ0n) is 18.4. The van der Waals surface area contributed by atoms with Gasteiger partial charge in [0.25, 0.3) is 0 Å². The summed E-state index contributed by atoms with van der Waals surface area (Å²) in [4.78, 5) is 4.24. The van der Waals surface area contributed by atoms with Crippen molar-refractivity contribution < 1.29 is 23.0 Å². The minimum absolute atomic E-state index is 0.167. The molecule has 0 bridgehead atoms. The molecule has 0 amide bonds. The smallest absolute Gasteiger partial charge is 0.191 e. The SMILES string of the molecule is CN=C(NCCc1cc(F)cc2c1OCOC2)NC(C)c1ccc(OCC2CC2)c(F)c1. The number of nitrogens with one attached hydrogen (secondary N) is 2. The third-order valence-corrected chi connectivity index (χ3v) is 5.64. The largest absolute Gasteiger partial charge is 0.490 e. The number of fused-ring (bicyclic) bond motifs is 1. The molecular formula is C24H29F2N3O3. The van der Waals surface area contributed by atoms with E-state index in [2.05, 4.69) is 15.6 Å². The lowest BCUT2D eigenvalue weighted by atomic mass is 10.1. The van der Waals surface area contributed by atoms with Gasteiger partial charge in [-0.2, -0.15) is 0 Å². The van der Waals surface area contributed by atoms with Gasteiger partial charge in [-0.05, 0) is 67.5 Å². The van der Waals surface area contributed by atoms with Gasteiger partial charge in [0.1, 0.15) is 11.6 Å². The van der Waals surface area contributed by atoms with Gasteiger partial charge >= 0.3 is 0 Å².